The lowest BCUT2D eigenvalue weighted by molar-refractivity contribution is 1.24. The Morgan fingerprint density at radius 3 is 2.46 bits per heavy atom. The van der Waals surface area contributed by atoms with Crippen molar-refractivity contribution < 1.29 is 0 Å². The molecule has 2 nitrogen and oxygen atoms in total. The van der Waals surface area contributed by atoms with E-state index in [1.165, 1.54) is 0 Å². The van der Waals surface area contributed by atoms with Crippen molar-refractivity contribution in [3.05, 3.63) is 47.2 Å². The summed E-state index contributed by atoms with van der Waals surface area (Å²) in [7, 11) is 0. The highest BCUT2D eigenvalue weighted by atomic mass is 79.9. The minimum Gasteiger partial charge on any atom is -0.255 e. The number of hydrogen-bond acceptors (Lipinski definition) is 2. The fourth-order valence-corrected chi connectivity index (χ4v) is 1.54. The molecule has 0 radical (unpaired) electrons. The van der Waals surface area contributed by atoms with Gasteiger partial charge in [-0.25, -0.2) is 0 Å². The van der Waals surface area contributed by atoms with Crippen LogP contribution in [0.4, 0.5) is 0 Å². The Balaban J connectivity index is 2.54. The van der Waals surface area contributed by atoms with E-state index in [1.54, 1.807) is 12.4 Å². The Labute approximate surface area is 84.8 Å². The Kier molecular flexibility index (Phi) is 2.36. The Morgan fingerprint density at radius 2 is 1.77 bits per heavy atom. The van der Waals surface area contributed by atoms with Gasteiger partial charge in [0, 0.05) is 16.9 Å². The molecular formula is C10H7BrN2. The van der Waals surface area contributed by atoms with Crippen molar-refractivity contribution in [3.63, 3.8) is 0 Å². The van der Waals surface area contributed by atoms with Crippen LogP contribution in [-0.4, -0.2) is 9.97 Å². The molecule has 0 fully saturated rings. The molecule has 0 spiro atoms. The van der Waals surface area contributed by atoms with E-state index >= 15 is 0 Å². The number of nitrogens with zero attached hydrogens (tertiary/aromatic N) is 2. The van der Waals surface area contributed by atoms with E-state index in [0.717, 1.165) is 15.9 Å². The van der Waals surface area contributed by atoms with Crippen LogP contribution in [0.3, 0.4) is 0 Å². The summed E-state index contributed by atoms with van der Waals surface area (Å²) >= 11 is 3.43. The predicted molar refractivity (Wildman–Crippen MR) is 55.2 cm³/mol. The quantitative estimate of drug-likeness (QED) is 0.759. The minimum absolute atomic E-state index is 0.878. The summed E-state index contributed by atoms with van der Waals surface area (Å²) in [4.78, 5) is 8.46. The maximum atomic E-state index is 4.24. The molecule has 2 aromatic rings. The molecule has 0 N–H and O–H groups in total. The highest BCUT2D eigenvalue weighted by Gasteiger charge is 2.02. The van der Waals surface area contributed by atoms with E-state index in [-0.39, 0.29) is 0 Å². The van der Waals surface area contributed by atoms with Gasteiger partial charge in [0.05, 0.1) is 5.69 Å². The Bertz CT molecular complexity index is 401. The molecule has 0 saturated carbocycles. The molecule has 0 unspecified atom stereocenters. The van der Waals surface area contributed by atoms with Crippen LogP contribution in [0.5, 0.6) is 0 Å². The highest BCUT2D eigenvalue weighted by molar-refractivity contribution is 9.10. The zero-order valence-corrected chi connectivity index (χ0v) is 8.40. The van der Waals surface area contributed by atoms with Gasteiger partial charge in [-0.05, 0) is 40.2 Å². The highest BCUT2D eigenvalue weighted by Crippen LogP contribution is 2.22. The largest absolute Gasteiger partial charge is 0.255 e. The van der Waals surface area contributed by atoms with E-state index in [4.69, 9.17) is 0 Å². The van der Waals surface area contributed by atoms with Crippen LogP contribution in [0.15, 0.2) is 47.2 Å². The first-order chi connectivity index (χ1) is 6.38. The molecule has 0 aliphatic rings. The van der Waals surface area contributed by atoms with Crippen LogP contribution in [0.25, 0.3) is 11.4 Å². The molecule has 2 aromatic heterocycles. The molecule has 64 valence electrons. The van der Waals surface area contributed by atoms with Gasteiger partial charge in [0.2, 0.25) is 0 Å². The second-order valence-electron chi connectivity index (χ2n) is 2.55. The second kappa shape index (κ2) is 3.66. The first-order valence-electron chi connectivity index (χ1n) is 3.90. The van der Waals surface area contributed by atoms with E-state index in [9.17, 15) is 0 Å². The molecule has 0 saturated heterocycles. The number of hydrogen-bond donors (Lipinski definition) is 0. The standard InChI is InChI=1S/C10H7BrN2/c11-8-4-3-7-13-10(8)9-5-1-2-6-12-9/h1-7H. The van der Waals surface area contributed by atoms with E-state index in [1.807, 2.05) is 30.3 Å². The Morgan fingerprint density at radius 1 is 0.923 bits per heavy atom. The average Bonchev–Trinajstić information content (AvgIpc) is 2.20. The van der Waals surface area contributed by atoms with E-state index in [2.05, 4.69) is 25.9 Å². The van der Waals surface area contributed by atoms with E-state index < -0.39 is 0 Å². The number of aromatic nitrogens is 2. The summed E-state index contributed by atoms with van der Waals surface area (Å²) in [5.41, 5.74) is 1.76. The number of rotatable bonds is 1. The van der Waals surface area contributed by atoms with Crippen molar-refractivity contribution in [1.82, 2.24) is 9.97 Å². The van der Waals surface area contributed by atoms with Gasteiger partial charge < -0.3 is 0 Å². The minimum atomic E-state index is 0.878. The lowest BCUT2D eigenvalue weighted by Gasteiger charge is -2.00. The maximum Gasteiger partial charge on any atom is 0.103 e. The zero-order chi connectivity index (χ0) is 9.10. The molecule has 0 aliphatic heterocycles. The number of halogens is 1. The molecule has 2 rings (SSSR count). The van der Waals surface area contributed by atoms with Crippen LogP contribution in [0, 0.1) is 0 Å². The van der Waals surface area contributed by atoms with Crippen molar-refractivity contribution in [3.8, 4) is 11.4 Å². The van der Waals surface area contributed by atoms with Crippen molar-refractivity contribution in [1.29, 1.82) is 0 Å². The van der Waals surface area contributed by atoms with E-state index in [0.29, 0.717) is 0 Å². The summed E-state index contributed by atoms with van der Waals surface area (Å²) in [6.45, 7) is 0. The second-order valence-corrected chi connectivity index (χ2v) is 3.40. The molecule has 0 bridgehead atoms. The summed E-state index contributed by atoms with van der Waals surface area (Å²) in [5, 5.41) is 0. The lowest BCUT2D eigenvalue weighted by atomic mass is 10.2. The fraction of sp³-hybridized carbons (Fsp3) is 0. The average molecular weight is 235 g/mol. The molecule has 0 amide bonds. The summed E-state index contributed by atoms with van der Waals surface area (Å²) < 4.78 is 0.966. The molecule has 2 heterocycles. The zero-order valence-electron chi connectivity index (χ0n) is 6.81. The fourth-order valence-electron chi connectivity index (χ4n) is 1.08. The van der Waals surface area contributed by atoms with Crippen LogP contribution >= 0.6 is 15.9 Å². The third-order valence-corrected chi connectivity index (χ3v) is 2.31. The summed E-state index contributed by atoms with van der Waals surface area (Å²) in [6, 6.07) is 9.62. The monoisotopic (exact) mass is 234 g/mol. The van der Waals surface area contributed by atoms with Gasteiger partial charge in [0.1, 0.15) is 5.69 Å². The first-order valence-corrected chi connectivity index (χ1v) is 4.69. The molecular weight excluding hydrogens is 228 g/mol. The topological polar surface area (TPSA) is 25.8 Å². The Hall–Kier alpha value is -1.22. The SMILES string of the molecule is Brc1cccnc1-c1ccccn1. The van der Waals surface area contributed by atoms with Gasteiger partial charge in [0.25, 0.3) is 0 Å². The van der Waals surface area contributed by atoms with Crippen LogP contribution in [0.1, 0.15) is 0 Å². The maximum absolute atomic E-state index is 4.24. The first kappa shape index (κ1) is 8.38. The molecule has 0 aliphatic carbocycles. The molecule has 0 atom stereocenters. The van der Waals surface area contributed by atoms with Crippen molar-refractivity contribution in [2.24, 2.45) is 0 Å². The van der Waals surface area contributed by atoms with Gasteiger partial charge in [-0.1, -0.05) is 6.07 Å². The van der Waals surface area contributed by atoms with Crippen molar-refractivity contribution in [2.75, 3.05) is 0 Å². The van der Waals surface area contributed by atoms with Gasteiger partial charge >= 0.3 is 0 Å². The van der Waals surface area contributed by atoms with Gasteiger partial charge in [-0.15, -0.1) is 0 Å². The third kappa shape index (κ3) is 1.75. The molecule has 13 heavy (non-hydrogen) atoms. The normalized spacial score (nSPS) is 9.92. The van der Waals surface area contributed by atoms with Gasteiger partial charge in [-0.3, -0.25) is 9.97 Å². The molecule has 3 heteroatoms. The lowest BCUT2D eigenvalue weighted by Crippen LogP contribution is -1.86. The van der Waals surface area contributed by atoms with Gasteiger partial charge in [0.15, 0.2) is 0 Å². The van der Waals surface area contributed by atoms with Crippen LogP contribution in [0.2, 0.25) is 0 Å². The van der Waals surface area contributed by atoms with Crippen LogP contribution in [-0.2, 0) is 0 Å². The summed E-state index contributed by atoms with van der Waals surface area (Å²) in [5.74, 6) is 0. The van der Waals surface area contributed by atoms with Gasteiger partial charge in [-0.2, -0.15) is 0 Å². The molecule has 0 aromatic carbocycles. The van der Waals surface area contributed by atoms with Crippen molar-refractivity contribution >= 4 is 15.9 Å². The smallest absolute Gasteiger partial charge is 0.103 e. The number of pyridine rings is 2. The van der Waals surface area contributed by atoms with Crippen molar-refractivity contribution in [2.45, 2.75) is 0 Å². The summed E-state index contributed by atoms with van der Waals surface area (Å²) in [6.07, 6.45) is 3.52. The third-order valence-electron chi connectivity index (χ3n) is 1.67. The van der Waals surface area contributed by atoms with Crippen LogP contribution < -0.4 is 0 Å². The predicted octanol–water partition coefficient (Wildman–Crippen LogP) is 2.91.